The van der Waals surface area contributed by atoms with Gasteiger partial charge in [-0.25, -0.2) is 0 Å². The largest absolute Gasteiger partial charge is 0.389 e. The highest BCUT2D eigenvalue weighted by molar-refractivity contribution is 4.87. The predicted octanol–water partition coefficient (Wildman–Crippen LogP) is 2.42. The highest BCUT2D eigenvalue weighted by atomic mass is 19.4. The molecule has 21 heavy (non-hydrogen) atoms. The van der Waals surface area contributed by atoms with Crippen molar-refractivity contribution in [1.29, 1.82) is 0 Å². The van der Waals surface area contributed by atoms with Gasteiger partial charge in [-0.05, 0) is 26.2 Å². The fraction of sp³-hybridized carbons (Fsp3) is 1.00. The Kier molecular flexibility index (Phi) is 10.2. The first-order valence-corrected chi connectivity index (χ1v) is 7.29. The Morgan fingerprint density at radius 3 is 2.05 bits per heavy atom. The summed E-state index contributed by atoms with van der Waals surface area (Å²) in [4.78, 5) is 2.12. The molecule has 0 saturated heterocycles. The van der Waals surface area contributed by atoms with E-state index in [2.05, 4.69) is 4.90 Å². The molecular weight excluding hydrogens is 285 g/mol. The zero-order valence-corrected chi connectivity index (χ0v) is 13.3. The third-order valence-corrected chi connectivity index (χ3v) is 3.72. The molecule has 0 aromatic carbocycles. The van der Waals surface area contributed by atoms with Gasteiger partial charge >= 0.3 is 6.18 Å². The van der Waals surface area contributed by atoms with E-state index in [-0.39, 0.29) is 6.42 Å². The first-order valence-electron chi connectivity index (χ1n) is 7.29. The molecule has 2 N–H and O–H groups in total. The lowest BCUT2D eigenvalue weighted by Crippen LogP contribution is -2.53. The van der Waals surface area contributed by atoms with Crippen LogP contribution in [0, 0.1) is 0 Å². The topological polar surface area (TPSA) is 47.7 Å². The van der Waals surface area contributed by atoms with E-state index in [1.54, 1.807) is 14.2 Å². The Bertz CT molecular complexity index is 265. The van der Waals surface area contributed by atoms with E-state index >= 15 is 0 Å². The Hall–Kier alpha value is -0.370. The Morgan fingerprint density at radius 2 is 1.57 bits per heavy atom. The molecule has 0 aromatic rings. The molecule has 0 bridgehead atoms. The van der Waals surface area contributed by atoms with Gasteiger partial charge < -0.3 is 15.2 Å². The minimum Gasteiger partial charge on any atom is -0.385 e. The number of hydrogen-bond donors (Lipinski definition) is 1. The number of nitrogens with two attached hydrogens (primary N) is 1. The molecule has 0 aliphatic heterocycles. The maximum atomic E-state index is 12.3. The van der Waals surface area contributed by atoms with Crippen molar-refractivity contribution in [2.45, 2.75) is 44.3 Å². The minimum absolute atomic E-state index is 0.0883. The molecule has 0 saturated carbocycles. The Morgan fingerprint density at radius 1 is 0.952 bits per heavy atom. The summed E-state index contributed by atoms with van der Waals surface area (Å²) in [5.74, 6) is 0. The Balaban J connectivity index is 4.57. The van der Waals surface area contributed by atoms with Crippen molar-refractivity contribution < 1.29 is 22.6 Å². The predicted molar refractivity (Wildman–Crippen MR) is 77.3 cm³/mol. The standard InChI is InChI=1S/C14H29F3N2O2/c1-13(12-18,6-4-7-14(15,16)17)19(9-11-21-3)8-5-10-20-2/h4-12,18H2,1-3H3. The van der Waals surface area contributed by atoms with Gasteiger partial charge in [-0.15, -0.1) is 0 Å². The minimum atomic E-state index is -4.11. The molecule has 0 fully saturated rings. The first-order chi connectivity index (χ1) is 9.79. The van der Waals surface area contributed by atoms with E-state index in [9.17, 15) is 13.2 Å². The zero-order chi connectivity index (χ0) is 16.4. The van der Waals surface area contributed by atoms with Gasteiger partial charge in [0.1, 0.15) is 0 Å². The van der Waals surface area contributed by atoms with E-state index in [4.69, 9.17) is 15.2 Å². The molecule has 0 aromatic heterocycles. The van der Waals surface area contributed by atoms with E-state index < -0.39 is 18.1 Å². The molecule has 0 heterocycles. The lowest BCUT2D eigenvalue weighted by molar-refractivity contribution is -0.137. The first kappa shape index (κ1) is 20.6. The summed E-state index contributed by atoms with van der Waals surface area (Å²) in [7, 11) is 3.24. The molecule has 1 unspecified atom stereocenters. The zero-order valence-electron chi connectivity index (χ0n) is 13.3. The summed E-state index contributed by atoms with van der Waals surface area (Å²) in [5.41, 5.74) is 5.39. The lowest BCUT2D eigenvalue weighted by atomic mass is 9.92. The number of alkyl halides is 3. The normalized spacial score (nSPS) is 15.4. The van der Waals surface area contributed by atoms with Crippen molar-refractivity contribution in [3.8, 4) is 0 Å². The number of halogens is 3. The van der Waals surface area contributed by atoms with Gasteiger partial charge in [0.25, 0.3) is 0 Å². The SMILES string of the molecule is COCCCN(CCOC)C(C)(CN)CCCC(F)(F)F. The van der Waals surface area contributed by atoms with Crippen LogP contribution in [0.5, 0.6) is 0 Å². The molecule has 0 spiro atoms. The van der Waals surface area contributed by atoms with Crippen LogP contribution < -0.4 is 5.73 Å². The summed E-state index contributed by atoms with van der Waals surface area (Å²) in [6.07, 6.45) is -3.55. The highest BCUT2D eigenvalue weighted by Gasteiger charge is 2.32. The van der Waals surface area contributed by atoms with E-state index in [0.717, 1.165) is 13.0 Å². The molecule has 1 atom stereocenters. The van der Waals surface area contributed by atoms with Gasteiger partial charge in [-0.2, -0.15) is 13.2 Å². The fourth-order valence-corrected chi connectivity index (χ4v) is 2.31. The molecule has 4 nitrogen and oxygen atoms in total. The number of ether oxygens (including phenoxy) is 2. The fourth-order valence-electron chi connectivity index (χ4n) is 2.31. The maximum absolute atomic E-state index is 12.3. The van der Waals surface area contributed by atoms with Gasteiger partial charge in [0.15, 0.2) is 0 Å². The second kappa shape index (κ2) is 10.4. The number of hydrogen-bond acceptors (Lipinski definition) is 4. The van der Waals surface area contributed by atoms with Gasteiger partial charge in [-0.3, -0.25) is 4.90 Å². The molecule has 0 radical (unpaired) electrons. The maximum Gasteiger partial charge on any atom is 0.389 e. The average Bonchev–Trinajstić information content (AvgIpc) is 2.41. The number of rotatable bonds is 12. The van der Waals surface area contributed by atoms with E-state index in [1.807, 2.05) is 6.92 Å². The van der Waals surface area contributed by atoms with Gasteiger partial charge in [-0.1, -0.05) is 0 Å². The van der Waals surface area contributed by atoms with Crippen LogP contribution in [0.3, 0.4) is 0 Å². The smallest absolute Gasteiger partial charge is 0.385 e. The molecule has 0 aliphatic rings. The van der Waals surface area contributed by atoms with Crippen molar-refractivity contribution in [2.75, 3.05) is 47.1 Å². The number of nitrogens with zero attached hydrogens (tertiary/aromatic N) is 1. The average molecular weight is 314 g/mol. The van der Waals surface area contributed by atoms with Crippen molar-refractivity contribution >= 4 is 0 Å². The molecular formula is C14H29F3N2O2. The van der Waals surface area contributed by atoms with Crippen LogP contribution in [0.15, 0.2) is 0 Å². The van der Waals surface area contributed by atoms with Crippen LogP contribution in [0.2, 0.25) is 0 Å². The highest BCUT2D eigenvalue weighted by Crippen LogP contribution is 2.27. The van der Waals surface area contributed by atoms with Gasteiger partial charge in [0, 0.05) is 52.4 Å². The Labute approximate surface area is 125 Å². The third-order valence-electron chi connectivity index (χ3n) is 3.72. The quantitative estimate of drug-likeness (QED) is 0.562. The number of methoxy groups -OCH3 is 2. The van der Waals surface area contributed by atoms with E-state index in [0.29, 0.717) is 32.7 Å². The van der Waals surface area contributed by atoms with Crippen LogP contribution >= 0.6 is 0 Å². The second-order valence-corrected chi connectivity index (χ2v) is 5.50. The molecule has 0 amide bonds. The summed E-state index contributed by atoms with van der Waals surface area (Å²) >= 11 is 0. The monoisotopic (exact) mass is 314 g/mol. The molecule has 0 rings (SSSR count). The van der Waals surface area contributed by atoms with Gasteiger partial charge in [0.05, 0.1) is 6.61 Å². The van der Waals surface area contributed by atoms with Crippen LogP contribution in [0.4, 0.5) is 13.2 Å². The summed E-state index contributed by atoms with van der Waals surface area (Å²) in [6, 6.07) is 0. The lowest BCUT2D eigenvalue weighted by Gasteiger charge is -2.41. The van der Waals surface area contributed by atoms with Crippen LogP contribution in [0.25, 0.3) is 0 Å². The summed E-state index contributed by atoms with van der Waals surface area (Å²) < 4.78 is 47.0. The molecule has 128 valence electrons. The third kappa shape index (κ3) is 9.29. The second-order valence-electron chi connectivity index (χ2n) is 5.50. The van der Waals surface area contributed by atoms with Crippen LogP contribution in [0.1, 0.15) is 32.6 Å². The van der Waals surface area contributed by atoms with Crippen molar-refractivity contribution in [3.63, 3.8) is 0 Å². The van der Waals surface area contributed by atoms with Crippen molar-refractivity contribution in [2.24, 2.45) is 5.73 Å². The summed E-state index contributed by atoms with van der Waals surface area (Å²) in [5, 5.41) is 0. The molecule has 0 aliphatic carbocycles. The van der Waals surface area contributed by atoms with Crippen LogP contribution in [-0.2, 0) is 9.47 Å². The van der Waals surface area contributed by atoms with Gasteiger partial charge in [0.2, 0.25) is 0 Å². The van der Waals surface area contributed by atoms with Crippen molar-refractivity contribution in [3.05, 3.63) is 0 Å². The molecule has 7 heteroatoms. The van der Waals surface area contributed by atoms with Crippen LogP contribution in [-0.4, -0.2) is 63.7 Å². The van der Waals surface area contributed by atoms with E-state index in [1.165, 1.54) is 0 Å². The van der Waals surface area contributed by atoms with Crippen molar-refractivity contribution in [1.82, 2.24) is 4.90 Å². The summed E-state index contributed by atoms with van der Waals surface area (Å²) in [6.45, 7) is 4.78.